The second-order valence-electron chi connectivity index (χ2n) is 8.53. The van der Waals surface area contributed by atoms with Crippen molar-refractivity contribution in [1.82, 2.24) is 15.0 Å². The zero-order valence-corrected chi connectivity index (χ0v) is 18.9. The molecule has 0 bridgehead atoms. The second-order valence-corrected chi connectivity index (χ2v) is 8.53. The second kappa shape index (κ2) is 8.36. The number of furan rings is 1. The van der Waals surface area contributed by atoms with Crippen LogP contribution in [-0.4, -0.2) is 20.9 Å². The van der Waals surface area contributed by atoms with Gasteiger partial charge in [-0.3, -0.25) is 4.79 Å². The van der Waals surface area contributed by atoms with Crippen molar-refractivity contribution in [3.8, 4) is 0 Å². The van der Waals surface area contributed by atoms with Crippen LogP contribution in [0.15, 0.2) is 76.1 Å². The summed E-state index contributed by atoms with van der Waals surface area (Å²) in [5, 5.41) is 1.23. The highest BCUT2D eigenvalue weighted by atomic mass is 16.5. The molecule has 7 heteroatoms. The maximum atomic E-state index is 13.6. The number of hydrogen-bond acceptors (Lipinski definition) is 6. The minimum absolute atomic E-state index is 0.267. The Bertz CT molecular complexity index is 1680. The summed E-state index contributed by atoms with van der Waals surface area (Å²) in [4.78, 5) is 38.2. The summed E-state index contributed by atoms with van der Waals surface area (Å²) in [5.74, 6) is 0.574. The third kappa shape index (κ3) is 3.71. The summed E-state index contributed by atoms with van der Waals surface area (Å²) in [6.07, 6.45) is 4.26. The molecule has 1 aliphatic rings. The topological polar surface area (TPSA) is 98.1 Å². The number of allylic oxidation sites excluding steroid dienone is 1. The third-order valence-corrected chi connectivity index (χ3v) is 6.31. The van der Waals surface area contributed by atoms with Crippen molar-refractivity contribution in [2.45, 2.75) is 25.9 Å². The number of pyridine rings is 1. The van der Waals surface area contributed by atoms with Crippen molar-refractivity contribution in [3.05, 3.63) is 106 Å². The van der Waals surface area contributed by atoms with Gasteiger partial charge in [-0.2, -0.15) is 0 Å². The highest BCUT2D eigenvalue weighted by Gasteiger charge is 2.29. The molecule has 0 saturated heterocycles. The number of aromatic nitrogens is 3. The number of ether oxygens (including phenoxy) is 1. The number of rotatable bonds is 4. The van der Waals surface area contributed by atoms with Gasteiger partial charge >= 0.3 is 5.97 Å². The SMILES string of the molecule is C[C@H](OC(=O)c1c2c(nc3ccccc13)/C(=C\c1ccco1)CC2)c1nc2ccccc2c(=O)[nH]1. The summed E-state index contributed by atoms with van der Waals surface area (Å²) < 4.78 is 11.3. The highest BCUT2D eigenvalue weighted by Crippen LogP contribution is 2.38. The molecule has 3 aromatic heterocycles. The summed E-state index contributed by atoms with van der Waals surface area (Å²) in [6.45, 7) is 1.71. The molecule has 35 heavy (non-hydrogen) atoms. The molecule has 5 aromatic rings. The number of benzene rings is 2. The van der Waals surface area contributed by atoms with E-state index in [1.165, 1.54) is 0 Å². The van der Waals surface area contributed by atoms with Gasteiger partial charge in [0.15, 0.2) is 11.9 Å². The number of para-hydroxylation sites is 2. The Morgan fingerprint density at radius 3 is 2.51 bits per heavy atom. The molecule has 6 rings (SSSR count). The molecule has 2 aromatic carbocycles. The lowest BCUT2D eigenvalue weighted by atomic mass is 10.0. The van der Waals surface area contributed by atoms with Gasteiger partial charge in [0.1, 0.15) is 5.76 Å². The Morgan fingerprint density at radius 1 is 1.00 bits per heavy atom. The molecule has 0 radical (unpaired) electrons. The van der Waals surface area contributed by atoms with Crippen LogP contribution in [0.3, 0.4) is 0 Å². The molecule has 3 heterocycles. The molecule has 1 atom stereocenters. The minimum Gasteiger partial charge on any atom is -0.465 e. The first-order valence-electron chi connectivity index (χ1n) is 11.4. The van der Waals surface area contributed by atoms with Crippen LogP contribution in [0.2, 0.25) is 0 Å². The predicted octanol–water partition coefficient (Wildman–Crippen LogP) is 5.47. The van der Waals surface area contributed by atoms with Crippen LogP contribution >= 0.6 is 0 Å². The molecule has 7 nitrogen and oxygen atoms in total. The molecule has 0 spiro atoms. The van der Waals surface area contributed by atoms with E-state index in [9.17, 15) is 9.59 Å². The van der Waals surface area contributed by atoms with Gasteiger partial charge in [-0.25, -0.2) is 14.8 Å². The number of esters is 1. The normalized spacial score (nSPS) is 14.9. The van der Waals surface area contributed by atoms with Crippen molar-refractivity contribution in [2.24, 2.45) is 0 Å². The number of nitrogens with one attached hydrogen (secondary N) is 1. The van der Waals surface area contributed by atoms with Gasteiger partial charge < -0.3 is 14.1 Å². The van der Waals surface area contributed by atoms with Gasteiger partial charge in [0.25, 0.3) is 5.56 Å². The van der Waals surface area contributed by atoms with E-state index in [1.54, 1.807) is 31.4 Å². The number of carbonyl (C=O) groups excluding carboxylic acids is 1. The molecule has 0 fully saturated rings. The lowest BCUT2D eigenvalue weighted by molar-refractivity contribution is 0.0321. The monoisotopic (exact) mass is 463 g/mol. The van der Waals surface area contributed by atoms with E-state index in [2.05, 4.69) is 9.97 Å². The summed E-state index contributed by atoms with van der Waals surface area (Å²) in [7, 11) is 0. The lowest BCUT2D eigenvalue weighted by Gasteiger charge is -2.16. The maximum Gasteiger partial charge on any atom is 0.339 e. The summed E-state index contributed by atoms with van der Waals surface area (Å²) in [5.41, 5.74) is 4.17. The van der Waals surface area contributed by atoms with Gasteiger partial charge in [-0.1, -0.05) is 30.3 Å². The summed E-state index contributed by atoms with van der Waals surface area (Å²) >= 11 is 0. The minimum atomic E-state index is -0.748. The molecule has 1 aliphatic carbocycles. The van der Waals surface area contributed by atoms with Crippen molar-refractivity contribution >= 4 is 39.4 Å². The summed E-state index contributed by atoms with van der Waals surface area (Å²) in [6, 6.07) is 18.4. The first-order valence-corrected chi connectivity index (χ1v) is 11.4. The van der Waals surface area contributed by atoms with Crippen molar-refractivity contribution in [3.63, 3.8) is 0 Å². The quantitative estimate of drug-likeness (QED) is 0.355. The Morgan fingerprint density at radius 2 is 1.74 bits per heavy atom. The number of hydrogen-bond donors (Lipinski definition) is 1. The van der Waals surface area contributed by atoms with Crippen LogP contribution in [0.4, 0.5) is 0 Å². The van der Waals surface area contributed by atoms with Crippen LogP contribution in [0.5, 0.6) is 0 Å². The molecule has 172 valence electrons. The number of nitrogens with zero attached hydrogens (tertiary/aromatic N) is 2. The fourth-order valence-electron chi connectivity index (χ4n) is 4.63. The smallest absolute Gasteiger partial charge is 0.339 e. The zero-order valence-electron chi connectivity index (χ0n) is 18.9. The van der Waals surface area contributed by atoms with E-state index in [4.69, 9.17) is 14.1 Å². The van der Waals surface area contributed by atoms with Gasteiger partial charge in [-0.15, -0.1) is 0 Å². The maximum absolute atomic E-state index is 13.6. The standard InChI is InChI=1S/C28H21N3O4/c1-16(26-30-23-11-5-3-9-20(23)27(32)31-26)35-28(33)24-19-8-2-4-10-22(19)29-25-17(12-13-21(24)25)15-18-7-6-14-34-18/h2-11,14-16H,12-13H2,1H3,(H,30,31,32)/b17-15-/t16-/m0/s1. The average molecular weight is 463 g/mol. The van der Waals surface area contributed by atoms with Crippen molar-refractivity contribution in [1.29, 1.82) is 0 Å². The Kier molecular flexibility index (Phi) is 5.03. The van der Waals surface area contributed by atoms with Crippen LogP contribution in [0.25, 0.3) is 33.5 Å². The third-order valence-electron chi connectivity index (χ3n) is 6.31. The van der Waals surface area contributed by atoms with Gasteiger partial charge in [0.2, 0.25) is 0 Å². The molecular formula is C28H21N3O4. The first-order chi connectivity index (χ1) is 17.1. The molecular weight excluding hydrogens is 442 g/mol. The Hall–Kier alpha value is -4.52. The lowest BCUT2D eigenvalue weighted by Crippen LogP contribution is -2.18. The largest absolute Gasteiger partial charge is 0.465 e. The fraction of sp³-hybridized carbons (Fsp3) is 0.143. The number of H-pyrrole nitrogens is 1. The van der Waals surface area contributed by atoms with Crippen molar-refractivity contribution < 1.29 is 13.9 Å². The van der Waals surface area contributed by atoms with Crippen LogP contribution in [0, 0.1) is 0 Å². The Labute approximate surface area is 200 Å². The van der Waals surface area contributed by atoms with Crippen molar-refractivity contribution in [2.75, 3.05) is 0 Å². The van der Waals surface area contributed by atoms with E-state index >= 15 is 0 Å². The highest BCUT2D eigenvalue weighted by molar-refractivity contribution is 6.07. The van der Waals surface area contributed by atoms with Gasteiger partial charge in [0, 0.05) is 5.39 Å². The van der Waals surface area contributed by atoms with Crippen LogP contribution in [0.1, 0.15) is 52.6 Å². The van der Waals surface area contributed by atoms with Crippen LogP contribution < -0.4 is 5.56 Å². The molecule has 0 unspecified atom stereocenters. The van der Waals surface area contributed by atoms with Gasteiger partial charge in [0.05, 0.1) is 33.9 Å². The van der Waals surface area contributed by atoms with E-state index in [1.807, 2.05) is 48.5 Å². The number of carbonyl (C=O) groups is 1. The van der Waals surface area contributed by atoms with E-state index in [0.717, 1.165) is 39.9 Å². The first kappa shape index (κ1) is 21.0. The van der Waals surface area contributed by atoms with E-state index < -0.39 is 12.1 Å². The molecule has 0 aliphatic heterocycles. The molecule has 1 N–H and O–H groups in total. The van der Waals surface area contributed by atoms with Crippen LogP contribution in [-0.2, 0) is 11.2 Å². The molecule has 0 amide bonds. The zero-order chi connectivity index (χ0) is 23.9. The fourth-order valence-corrected chi connectivity index (χ4v) is 4.63. The number of aromatic amines is 1. The van der Waals surface area contributed by atoms with E-state index in [-0.39, 0.29) is 5.56 Å². The number of fused-ring (bicyclic) bond motifs is 3. The van der Waals surface area contributed by atoms with Gasteiger partial charge in [-0.05, 0) is 67.3 Å². The predicted molar refractivity (Wildman–Crippen MR) is 133 cm³/mol. The molecule has 0 saturated carbocycles. The average Bonchev–Trinajstić information content (AvgIpc) is 3.53. The van der Waals surface area contributed by atoms with E-state index in [0.29, 0.717) is 28.7 Å². The Balaban J connectivity index is 1.41.